The van der Waals surface area contributed by atoms with E-state index in [1.165, 1.54) is 12.1 Å². The molecule has 0 aliphatic heterocycles. The second kappa shape index (κ2) is 7.19. The van der Waals surface area contributed by atoms with Crippen LogP contribution >= 0.6 is 15.9 Å². The molecule has 0 bridgehead atoms. The first-order valence-electron chi connectivity index (χ1n) is 7.21. The normalized spacial score (nSPS) is 11.5. The van der Waals surface area contributed by atoms with Crippen molar-refractivity contribution in [3.63, 3.8) is 0 Å². The van der Waals surface area contributed by atoms with E-state index in [0.29, 0.717) is 32.8 Å². The molecule has 9 heteroatoms. The average Bonchev–Trinajstić information content (AvgIpc) is 3.19. The quantitative estimate of drug-likeness (QED) is 0.453. The zero-order valence-corrected chi connectivity index (χ0v) is 14.0. The molecular weight excluding hydrogens is 422 g/mol. The van der Waals surface area contributed by atoms with Crippen LogP contribution in [0.15, 0.2) is 57.7 Å². The van der Waals surface area contributed by atoms with Crippen LogP contribution in [-0.2, 0) is 6.18 Å². The van der Waals surface area contributed by atoms with Gasteiger partial charge in [-0.2, -0.15) is 13.2 Å². The molecule has 4 nitrogen and oxygen atoms in total. The molecule has 26 heavy (non-hydrogen) atoms. The summed E-state index contributed by atoms with van der Waals surface area (Å²) in [6.45, 7) is 0. The maximum atomic E-state index is 13.2. The minimum absolute atomic E-state index is 0. The van der Waals surface area contributed by atoms with Crippen LogP contribution in [0.5, 0.6) is 0 Å². The SMILES string of the molecule is FC(F)(F)c1ccccc1-c1ccc2[nH]c(-c3cc(Br)no3)nc2c1.[NaH]. The van der Waals surface area contributed by atoms with Crippen molar-refractivity contribution in [1.82, 2.24) is 15.1 Å². The minimum atomic E-state index is -4.42. The number of hydrogen-bond donors (Lipinski definition) is 1. The molecule has 0 unspecified atom stereocenters. The molecule has 0 amide bonds. The van der Waals surface area contributed by atoms with E-state index < -0.39 is 11.7 Å². The molecule has 2 aromatic heterocycles. The Morgan fingerprint density at radius 2 is 1.81 bits per heavy atom. The molecule has 0 fully saturated rings. The summed E-state index contributed by atoms with van der Waals surface area (Å²) < 4.78 is 45.3. The van der Waals surface area contributed by atoms with Crippen molar-refractivity contribution in [2.45, 2.75) is 6.18 Å². The van der Waals surface area contributed by atoms with E-state index in [-0.39, 0.29) is 35.1 Å². The molecule has 1 N–H and O–H groups in total. The molecule has 2 aromatic carbocycles. The fourth-order valence-corrected chi connectivity index (χ4v) is 2.92. The Balaban J connectivity index is 0.00000196. The molecule has 0 atom stereocenters. The zero-order chi connectivity index (χ0) is 17.6. The van der Waals surface area contributed by atoms with Gasteiger partial charge in [0.15, 0.2) is 5.82 Å². The number of H-pyrrole nitrogens is 1. The number of nitrogens with zero attached hydrogens (tertiary/aromatic N) is 2. The number of alkyl halides is 3. The number of fused-ring (bicyclic) bond motifs is 1. The number of aromatic nitrogens is 3. The van der Waals surface area contributed by atoms with Gasteiger partial charge in [-0.05, 0) is 45.3 Å². The van der Waals surface area contributed by atoms with Gasteiger partial charge in [-0.3, -0.25) is 0 Å². The molecular formula is C17H10BrF3N3NaO. The summed E-state index contributed by atoms with van der Waals surface area (Å²) in [4.78, 5) is 7.44. The summed E-state index contributed by atoms with van der Waals surface area (Å²) in [5.41, 5.74) is 1.11. The summed E-state index contributed by atoms with van der Waals surface area (Å²) in [6, 6.07) is 12.1. The average molecular weight is 432 g/mol. The van der Waals surface area contributed by atoms with Crippen LogP contribution in [0, 0.1) is 0 Å². The van der Waals surface area contributed by atoms with Gasteiger partial charge in [0.1, 0.15) is 4.60 Å². The summed E-state index contributed by atoms with van der Waals surface area (Å²) in [5, 5.41) is 3.72. The predicted octanol–water partition coefficient (Wildman–Crippen LogP) is 5.02. The Hall–Kier alpha value is -1.61. The third-order valence-corrected chi connectivity index (χ3v) is 4.12. The Morgan fingerprint density at radius 1 is 1.04 bits per heavy atom. The third kappa shape index (κ3) is 3.59. The first-order valence-corrected chi connectivity index (χ1v) is 8.00. The van der Waals surface area contributed by atoms with Gasteiger partial charge in [0.25, 0.3) is 0 Å². The standard InChI is InChI=1S/C17H9BrF3N3O.Na.H/c18-15-8-14(25-24-15)16-22-12-6-5-9(7-13(12)23-16)10-3-1-2-4-11(10)17(19,20)21;;/h1-8H,(H,22,23);;. The Labute approximate surface area is 176 Å². The molecule has 0 radical (unpaired) electrons. The zero-order valence-electron chi connectivity index (χ0n) is 12.4. The number of aromatic amines is 1. The van der Waals surface area contributed by atoms with E-state index in [1.54, 1.807) is 30.3 Å². The number of imidazole rings is 1. The molecule has 128 valence electrons. The van der Waals surface area contributed by atoms with Gasteiger partial charge < -0.3 is 9.51 Å². The van der Waals surface area contributed by atoms with E-state index in [9.17, 15) is 13.2 Å². The summed E-state index contributed by atoms with van der Waals surface area (Å²) >= 11 is 3.19. The molecule has 4 rings (SSSR count). The fourth-order valence-electron chi connectivity index (χ4n) is 2.64. The second-order valence-corrected chi connectivity index (χ2v) is 6.19. The maximum absolute atomic E-state index is 13.2. The van der Waals surface area contributed by atoms with E-state index in [0.717, 1.165) is 6.07 Å². The van der Waals surface area contributed by atoms with Crippen molar-refractivity contribution < 1.29 is 17.7 Å². The topological polar surface area (TPSA) is 54.7 Å². The summed E-state index contributed by atoms with van der Waals surface area (Å²) in [6.07, 6.45) is -4.42. The van der Waals surface area contributed by atoms with Crippen LogP contribution in [-0.4, -0.2) is 44.7 Å². The van der Waals surface area contributed by atoms with Gasteiger partial charge in [-0.15, -0.1) is 0 Å². The van der Waals surface area contributed by atoms with Crippen LogP contribution in [0.4, 0.5) is 13.2 Å². The molecule has 0 saturated heterocycles. The molecule has 0 spiro atoms. The molecule has 2 heterocycles. The molecule has 0 aliphatic rings. The Bertz CT molecular complexity index is 1070. The number of benzene rings is 2. The summed E-state index contributed by atoms with van der Waals surface area (Å²) in [5.74, 6) is 0.884. The van der Waals surface area contributed by atoms with Crippen LogP contribution < -0.4 is 0 Å². The number of halogens is 4. The fraction of sp³-hybridized carbons (Fsp3) is 0.0588. The van der Waals surface area contributed by atoms with Gasteiger partial charge in [0, 0.05) is 6.07 Å². The predicted molar refractivity (Wildman–Crippen MR) is 96.9 cm³/mol. The summed E-state index contributed by atoms with van der Waals surface area (Å²) in [7, 11) is 0. The number of nitrogens with one attached hydrogen (secondary N) is 1. The van der Waals surface area contributed by atoms with Crippen molar-refractivity contribution in [3.8, 4) is 22.7 Å². The molecule has 4 aromatic rings. The van der Waals surface area contributed by atoms with Crippen LogP contribution in [0.25, 0.3) is 33.7 Å². The third-order valence-electron chi connectivity index (χ3n) is 3.74. The number of hydrogen-bond acceptors (Lipinski definition) is 3. The first kappa shape index (κ1) is 19.2. The van der Waals surface area contributed by atoms with E-state index in [4.69, 9.17) is 4.52 Å². The van der Waals surface area contributed by atoms with Crippen molar-refractivity contribution in [1.29, 1.82) is 0 Å². The van der Waals surface area contributed by atoms with Gasteiger partial charge in [-0.25, -0.2) is 4.98 Å². The van der Waals surface area contributed by atoms with Crippen LogP contribution in [0.1, 0.15) is 5.56 Å². The second-order valence-electron chi connectivity index (χ2n) is 5.37. The van der Waals surface area contributed by atoms with Gasteiger partial charge in [0.2, 0.25) is 5.76 Å². The van der Waals surface area contributed by atoms with Crippen molar-refractivity contribution in [2.24, 2.45) is 0 Å². The van der Waals surface area contributed by atoms with Crippen molar-refractivity contribution in [2.75, 3.05) is 0 Å². The monoisotopic (exact) mass is 431 g/mol. The van der Waals surface area contributed by atoms with Crippen LogP contribution in [0.2, 0.25) is 0 Å². The number of rotatable bonds is 2. The van der Waals surface area contributed by atoms with E-state index in [1.807, 2.05) is 0 Å². The van der Waals surface area contributed by atoms with Gasteiger partial charge in [0.05, 0.1) is 16.6 Å². The van der Waals surface area contributed by atoms with E-state index in [2.05, 4.69) is 31.1 Å². The van der Waals surface area contributed by atoms with Crippen molar-refractivity contribution in [3.05, 3.63) is 58.7 Å². The molecule has 0 saturated carbocycles. The van der Waals surface area contributed by atoms with Gasteiger partial charge in [-0.1, -0.05) is 29.4 Å². The van der Waals surface area contributed by atoms with Crippen molar-refractivity contribution >= 4 is 56.5 Å². The first-order chi connectivity index (χ1) is 11.9. The van der Waals surface area contributed by atoms with E-state index >= 15 is 0 Å². The Kier molecular flexibility index (Phi) is 5.30. The van der Waals surface area contributed by atoms with Gasteiger partial charge >= 0.3 is 35.7 Å². The molecule has 0 aliphatic carbocycles. The van der Waals surface area contributed by atoms with Crippen LogP contribution in [0.3, 0.4) is 0 Å². The Morgan fingerprint density at radius 3 is 2.50 bits per heavy atom.